The van der Waals surface area contributed by atoms with Crippen LogP contribution < -0.4 is 0 Å². The van der Waals surface area contributed by atoms with Gasteiger partial charge in [-0.3, -0.25) is 0 Å². The van der Waals surface area contributed by atoms with Crippen molar-refractivity contribution >= 4 is 0 Å². The first-order chi connectivity index (χ1) is 8.74. The molecule has 0 aromatic carbocycles. The van der Waals surface area contributed by atoms with Crippen LogP contribution in [0.3, 0.4) is 0 Å². The van der Waals surface area contributed by atoms with Crippen LogP contribution >= 0.6 is 0 Å². The molecule has 0 amide bonds. The van der Waals surface area contributed by atoms with Gasteiger partial charge in [0, 0.05) is 0 Å². The minimum Gasteiger partial charge on any atom is -0.0625 e. The molecular formula is C18H30. The first kappa shape index (κ1) is 11.8. The van der Waals surface area contributed by atoms with Crippen molar-refractivity contribution in [2.45, 2.75) is 65.2 Å². The zero-order chi connectivity index (χ0) is 12.3. The second kappa shape index (κ2) is 4.25. The second-order valence-corrected chi connectivity index (χ2v) is 8.40. The summed E-state index contributed by atoms with van der Waals surface area (Å²) >= 11 is 0. The summed E-state index contributed by atoms with van der Waals surface area (Å²) in [7, 11) is 0. The number of rotatable bonds is 3. The molecule has 0 radical (unpaired) electrons. The fourth-order valence-electron chi connectivity index (χ4n) is 6.46. The molecule has 18 heavy (non-hydrogen) atoms. The van der Waals surface area contributed by atoms with Crippen LogP contribution in [0.25, 0.3) is 0 Å². The molecule has 5 rings (SSSR count). The van der Waals surface area contributed by atoms with Crippen molar-refractivity contribution in [3.63, 3.8) is 0 Å². The van der Waals surface area contributed by atoms with Crippen LogP contribution in [0.15, 0.2) is 0 Å². The highest BCUT2D eigenvalue weighted by atomic mass is 14.6. The van der Waals surface area contributed by atoms with E-state index in [2.05, 4.69) is 13.8 Å². The van der Waals surface area contributed by atoms with Crippen molar-refractivity contribution in [3.8, 4) is 0 Å². The highest BCUT2D eigenvalue weighted by molar-refractivity contribution is 5.01. The van der Waals surface area contributed by atoms with E-state index < -0.39 is 0 Å². The molecule has 5 aliphatic carbocycles. The third-order valence-electron chi connectivity index (χ3n) is 7.44. The first-order valence-electron chi connectivity index (χ1n) is 8.74. The van der Waals surface area contributed by atoms with Gasteiger partial charge in [-0.15, -0.1) is 0 Å². The number of fused-ring (bicyclic) bond motifs is 3. The molecule has 102 valence electrons. The molecule has 2 bridgehead atoms. The minimum atomic E-state index is 0.941. The van der Waals surface area contributed by atoms with E-state index >= 15 is 0 Å². The average molecular weight is 246 g/mol. The number of hydrogen-bond acceptors (Lipinski definition) is 0. The smallest absolute Gasteiger partial charge is 0.0329 e. The Bertz CT molecular complexity index is 303. The molecule has 0 nitrogen and oxygen atoms in total. The summed E-state index contributed by atoms with van der Waals surface area (Å²) < 4.78 is 0. The maximum absolute atomic E-state index is 2.53. The van der Waals surface area contributed by atoms with E-state index in [1.54, 1.807) is 51.4 Å². The second-order valence-electron chi connectivity index (χ2n) is 8.40. The lowest BCUT2D eigenvalue weighted by Gasteiger charge is -2.53. The zero-order valence-corrected chi connectivity index (χ0v) is 12.3. The monoisotopic (exact) mass is 246 g/mol. The van der Waals surface area contributed by atoms with Gasteiger partial charge in [0.15, 0.2) is 0 Å². The Morgan fingerprint density at radius 1 is 0.722 bits per heavy atom. The van der Waals surface area contributed by atoms with Crippen LogP contribution in [-0.4, -0.2) is 0 Å². The summed E-state index contributed by atoms with van der Waals surface area (Å²) in [5, 5.41) is 0. The molecule has 0 spiro atoms. The fourth-order valence-corrected chi connectivity index (χ4v) is 6.46. The molecule has 5 fully saturated rings. The molecule has 0 heteroatoms. The summed E-state index contributed by atoms with van der Waals surface area (Å²) in [5.41, 5.74) is 0. The predicted octanol–water partition coefficient (Wildman–Crippen LogP) is 5.13. The van der Waals surface area contributed by atoms with E-state index in [1.807, 2.05) is 0 Å². The third kappa shape index (κ3) is 1.63. The molecule has 5 unspecified atom stereocenters. The standard InChI is InChI=1S/C18H30/c1-11(2)18(16-6-3-12-9-14(16)10-12)17-8-5-13-4-7-15(13)17/h11-18H,3-10H2,1-2H3. The molecule has 0 N–H and O–H groups in total. The van der Waals surface area contributed by atoms with Gasteiger partial charge in [-0.1, -0.05) is 20.3 Å². The van der Waals surface area contributed by atoms with Crippen LogP contribution in [0.1, 0.15) is 65.2 Å². The fraction of sp³-hybridized carbons (Fsp3) is 1.00. The van der Waals surface area contributed by atoms with Gasteiger partial charge < -0.3 is 0 Å². The maximum atomic E-state index is 2.53. The van der Waals surface area contributed by atoms with Crippen molar-refractivity contribution in [3.05, 3.63) is 0 Å². The van der Waals surface area contributed by atoms with Crippen molar-refractivity contribution in [2.75, 3.05) is 0 Å². The van der Waals surface area contributed by atoms with E-state index in [1.165, 1.54) is 0 Å². The van der Waals surface area contributed by atoms with Gasteiger partial charge in [-0.25, -0.2) is 0 Å². The van der Waals surface area contributed by atoms with Gasteiger partial charge in [-0.05, 0) is 92.3 Å². The predicted molar refractivity (Wildman–Crippen MR) is 76.2 cm³/mol. The summed E-state index contributed by atoms with van der Waals surface area (Å²) in [5.74, 6) is 8.91. The molecule has 0 aliphatic heterocycles. The highest BCUT2D eigenvalue weighted by Gasteiger charge is 2.51. The zero-order valence-electron chi connectivity index (χ0n) is 12.3. The molecule has 0 heterocycles. The van der Waals surface area contributed by atoms with Crippen molar-refractivity contribution in [1.29, 1.82) is 0 Å². The van der Waals surface area contributed by atoms with Gasteiger partial charge >= 0.3 is 0 Å². The van der Waals surface area contributed by atoms with Crippen LogP contribution in [-0.2, 0) is 0 Å². The van der Waals surface area contributed by atoms with Gasteiger partial charge in [-0.2, -0.15) is 0 Å². The average Bonchev–Trinajstić information content (AvgIpc) is 2.52. The summed E-state index contributed by atoms with van der Waals surface area (Å²) in [6, 6.07) is 0. The Kier molecular flexibility index (Phi) is 2.79. The van der Waals surface area contributed by atoms with Gasteiger partial charge in [0.25, 0.3) is 0 Å². The number of hydrogen-bond donors (Lipinski definition) is 0. The van der Waals surface area contributed by atoms with Gasteiger partial charge in [0.05, 0.1) is 0 Å². The lowest BCUT2D eigenvalue weighted by Crippen LogP contribution is -2.45. The van der Waals surface area contributed by atoms with E-state index in [9.17, 15) is 0 Å². The molecule has 0 aromatic heterocycles. The SMILES string of the molecule is CC(C)C(C1CCC2CC1C2)C1CCC2CCC21. The van der Waals surface area contributed by atoms with Gasteiger partial charge in [0.1, 0.15) is 0 Å². The summed E-state index contributed by atoms with van der Waals surface area (Å²) in [6.45, 7) is 5.06. The van der Waals surface area contributed by atoms with Crippen molar-refractivity contribution in [2.24, 2.45) is 47.3 Å². The quantitative estimate of drug-likeness (QED) is 0.647. The van der Waals surface area contributed by atoms with Gasteiger partial charge in [0.2, 0.25) is 0 Å². The Labute approximate surface area is 113 Å². The van der Waals surface area contributed by atoms with E-state index in [0.717, 1.165) is 47.3 Å². The van der Waals surface area contributed by atoms with Crippen LogP contribution in [0.4, 0.5) is 0 Å². The van der Waals surface area contributed by atoms with E-state index in [-0.39, 0.29) is 0 Å². The van der Waals surface area contributed by atoms with Crippen molar-refractivity contribution < 1.29 is 0 Å². The highest BCUT2D eigenvalue weighted by Crippen LogP contribution is 2.60. The lowest BCUT2D eigenvalue weighted by atomic mass is 9.52. The molecule has 5 atom stereocenters. The molecule has 0 aromatic rings. The molecule has 0 saturated heterocycles. The van der Waals surface area contributed by atoms with Crippen LogP contribution in [0, 0.1) is 47.3 Å². The summed E-state index contributed by atoms with van der Waals surface area (Å²) in [4.78, 5) is 0. The first-order valence-corrected chi connectivity index (χ1v) is 8.74. The molecular weight excluding hydrogens is 216 g/mol. The third-order valence-corrected chi connectivity index (χ3v) is 7.44. The largest absolute Gasteiger partial charge is 0.0625 e. The van der Waals surface area contributed by atoms with E-state index in [4.69, 9.17) is 0 Å². The Morgan fingerprint density at radius 2 is 1.44 bits per heavy atom. The molecule has 5 saturated carbocycles. The van der Waals surface area contributed by atoms with Crippen LogP contribution in [0.2, 0.25) is 0 Å². The Hall–Kier alpha value is 0. The van der Waals surface area contributed by atoms with E-state index in [0.29, 0.717) is 0 Å². The maximum Gasteiger partial charge on any atom is -0.0329 e. The van der Waals surface area contributed by atoms with Crippen molar-refractivity contribution in [1.82, 2.24) is 0 Å². The lowest BCUT2D eigenvalue weighted by molar-refractivity contribution is -0.0340. The molecule has 5 aliphatic rings. The topological polar surface area (TPSA) is 0 Å². The summed E-state index contributed by atoms with van der Waals surface area (Å²) in [6.07, 6.45) is 12.7. The Morgan fingerprint density at radius 3 is 1.94 bits per heavy atom. The Balaban J connectivity index is 1.53. The van der Waals surface area contributed by atoms with Crippen LogP contribution in [0.5, 0.6) is 0 Å². The minimum absolute atomic E-state index is 0.941. The normalized spacial score (nSPS) is 51.5.